The maximum absolute atomic E-state index is 13.1. The van der Waals surface area contributed by atoms with Gasteiger partial charge in [0.05, 0.1) is 18.0 Å². The van der Waals surface area contributed by atoms with Crippen molar-refractivity contribution in [2.45, 2.75) is 24.9 Å². The molecule has 0 aliphatic carbocycles. The number of nitrogens with zero attached hydrogens (tertiary/aromatic N) is 6. The predicted octanol–water partition coefficient (Wildman–Crippen LogP) is 1.12. The second kappa shape index (κ2) is 19.2. The lowest BCUT2D eigenvalue weighted by Crippen LogP contribution is -2.48. The summed E-state index contributed by atoms with van der Waals surface area (Å²) in [4.78, 5) is 41.9. The number of aromatic amines is 1. The molecule has 2 amide bonds. The summed E-state index contributed by atoms with van der Waals surface area (Å²) in [7, 11) is -2.89. The molecule has 6 heterocycles. The van der Waals surface area contributed by atoms with Gasteiger partial charge in [-0.05, 0) is 78.5 Å². The molecule has 6 aromatic rings. The predicted molar refractivity (Wildman–Crippen MR) is 215 cm³/mol. The minimum Gasteiger partial charge on any atom is -0.423 e. The van der Waals surface area contributed by atoms with E-state index in [4.69, 9.17) is 20.1 Å². The van der Waals surface area contributed by atoms with Gasteiger partial charge in [0.15, 0.2) is 0 Å². The van der Waals surface area contributed by atoms with Crippen LogP contribution < -0.4 is 16.2 Å². The van der Waals surface area contributed by atoms with E-state index in [2.05, 4.69) is 35.4 Å². The van der Waals surface area contributed by atoms with E-state index in [9.17, 15) is 19.1 Å². The Bertz CT molecular complexity index is 2200. The quantitative estimate of drug-likeness (QED) is 0.108. The molecule has 2 aliphatic rings. The van der Waals surface area contributed by atoms with E-state index in [-0.39, 0.29) is 30.1 Å². The van der Waals surface area contributed by atoms with Crippen molar-refractivity contribution in [3.63, 3.8) is 0 Å². The zero-order chi connectivity index (χ0) is 40.4. The number of amides is 2. The zero-order valence-corrected chi connectivity index (χ0v) is 31.5. The van der Waals surface area contributed by atoms with Gasteiger partial charge in [0.2, 0.25) is 11.8 Å². The van der Waals surface area contributed by atoms with Gasteiger partial charge in [-0.3, -0.25) is 29.6 Å². The summed E-state index contributed by atoms with van der Waals surface area (Å²) >= 11 is 1.45. The number of hydrogen-bond donors (Lipinski definition) is 7. The topological polar surface area (TPSA) is 221 Å². The molecule has 57 heavy (non-hydrogen) atoms. The highest BCUT2D eigenvalue weighted by molar-refractivity contribution is 7.09. The SMILES string of the molecule is O=C(Nc1ccc2[nH]nc(-c3ccncc3)c2c1)[C@@H]1CCN(CC(=O)N2CCC(O)(c3nccs3)CC2)C1.OB(O)c1ccc(F)cc1.OB(O)c1ccncc1. The molecule has 0 radical (unpaired) electrons. The number of piperidine rings is 1. The van der Waals surface area contributed by atoms with Gasteiger partial charge in [-0.15, -0.1) is 11.3 Å². The first-order chi connectivity index (χ1) is 27.5. The Morgan fingerprint density at radius 2 is 1.53 bits per heavy atom. The van der Waals surface area contributed by atoms with Gasteiger partial charge in [0.25, 0.3) is 0 Å². The molecule has 15 nitrogen and oxygen atoms in total. The summed E-state index contributed by atoms with van der Waals surface area (Å²) in [6.07, 6.45) is 9.85. The molecule has 8 rings (SSSR count). The van der Waals surface area contributed by atoms with Crippen molar-refractivity contribution >= 4 is 64.9 Å². The van der Waals surface area contributed by atoms with Crippen molar-refractivity contribution in [2.75, 3.05) is 38.0 Å². The third-order valence-corrected chi connectivity index (χ3v) is 10.7. The van der Waals surface area contributed by atoms with Gasteiger partial charge in [-0.2, -0.15) is 5.10 Å². The number of carbonyl (C=O) groups is 2. The van der Waals surface area contributed by atoms with Crippen molar-refractivity contribution in [3.05, 3.63) is 114 Å². The summed E-state index contributed by atoms with van der Waals surface area (Å²) in [6.45, 7) is 2.55. The largest absolute Gasteiger partial charge is 0.488 e. The van der Waals surface area contributed by atoms with E-state index < -0.39 is 19.8 Å². The minimum absolute atomic E-state index is 0.0419. The van der Waals surface area contributed by atoms with Crippen LogP contribution in [-0.2, 0) is 15.2 Å². The molecule has 1 atom stereocenters. The van der Waals surface area contributed by atoms with E-state index in [1.807, 2.05) is 40.6 Å². The Kier molecular flexibility index (Phi) is 13.9. The Morgan fingerprint density at radius 3 is 2.14 bits per heavy atom. The maximum atomic E-state index is 13.1. The monoisotopic (exact) mass is 794 g/mol. The van der Waals surface area contributed by atoms with Gasteiger partial charge in [0.1, 0.15) is 22.1 Å². The third-order valence-electron chi connectivity index (χ3n) is 9.73. The number of thiazole rings is 1. The molecule has 2 fully saturated rings. The molecular weight excluding hydrogens is 753 g/mol. The molecule has 7 N–H and O–H groups in total. The maximum Gasteiger partial charge on any atom is 0.488 e. The third kappa shape index (κ3) is 10.9. The van der Waals surface area contributed by atoms with Gasteiger partial charge in [0, 0.05) is 85.5 Å². The molecule has 2 saturated heterocycles. The zero-order valence-electron chi connectivity index (χ0n) is 30.7. The Hall–Kier alpha value is -5.40. The number of anilines is 1. The number of hydrogen-bond acceptors (Lipinski definition) is 13. The molecule has 0 spiro atoms. The highest BCUT2D eigenvalue weighted by Crippen LogP contribution is 2.34. The van der Waals surface area contributed by atoms with Gasteiger partial charge in [-0.25, -0.2) is 9.37 Å². The summed E-state index contributed by atoms with van der Waals surface area (Å²) in [5.74, 6) is -0.565. The highest BCUT2D eigenvalue weighted by atomic mass is 32.1. The normalized spacial score (nSPS) is 16.2. The second-order valence-electron chi connectivity index (χ2n) is 13.6. The van der Waals surface area contributed by atoms with Crippen LogP contribution in [0, 0.1) is 11.7 Å². The molecule has 294 valence electrons. The van der Waals surface area contributed by atoms with E-state index in [1.165, 1.54) is 48.0 Å². The number of aliphatic hydroxyl groups is 1. The van der Waals surface area contributed by atoms with Crippen LogP contribution in [0.5, 0.6) is 0 Å². The van der Waals surface area contributed by atoms with Crippen molar-refractivity contribution in [2.24, 2.45) is 5.92 Å². The Labute approximate surface area is 332 Å². The molecular formula is C38H41B2FN8O7S. The van der Waals surface area contributed by atoms with Gasteiger partial charge in [-0.1, -0.05) is 12.1 Å². The van der Waals surface area contributed by atoms with Crippen LogP contribution in [0.3, 0.4) is 0 Å². The fraction of sp³-hybridized carbons (Fsp3) is 0.263. The van der Waals surface area contributed by atoms with Crippen LogP contribution >= 0.6 is 11.3 Å². The highest BCUT2D eigenvalue weighted by Gasteiger charge is 2.38. The van der Waals surface area contributed by atoms with E-state index in [0.717, 1.165) is 32.9 Å². The van der Waals surface area contributed by atoms with Crippen molar-refractivity contribution < 1.29 is 39.2 Å². The molecule has 0 bridgehead atoms. The summed E-state index contributed by atoms with van der Waals surface area (Å²) in [6, 6.07) is 17.6. The van der Waals surface area contributed by atoms with Gasteiger partial charge < -0.3 is 35.4 Å². The number of rotatable bonds is 8. The number of fused-ring (bicyclic) bond motifs is 1. The van der Waals surface area contributed by atoms with E-state index >= 15 is 0 Å². The molecule has 19 heteroatoms. The van der Waals surface area contributed by atoms with E-state index in [1.54, 1.807) is 30.7 Å². The molecule has 2 aliphatic heterocycles. The summed E-state index contributed by atoms with van der Waals surface area (Å²) in [5, 5.41) is 59.1. The number of H-pyrrole nitrogens is 1. The van der Waals surface area contributed by atoms with Crippen LogP contribution in [0.2, 0.25) is 0 Å². The molecule has 0 saturated carbocycles. The Morgan fingerprint density at radius 1 is 0.877 bits per heavy atom. The first-order valence-corrected chi connectivity index (χ1v) is 19.1. The summed E-state index contributed by atoms with van der Waals surface area (Å²) in [5.41, 5.74) is 3.18. The molecule has 4 aromatic heterocycles. The first kappa shape index (κ1) is 41.2. The average molecular weight is 794 g/mol. The minimum atomic E-state index is -1.51. The Balaban J connectivity index is 0.000000236. The first-order valence-electron chi connectivity index (χ1n) is 18.2. The fourth-order valence-electron chi connectivity index (χ4n) is 6.51. The van der Waals surface area contributed by atoms with Crippen LogP contribution in [-0.4, -0.2) is 119 Å². The summed E-state index contributed by atoms with van der Waals surface area (Å²) < 4.78 is 12.2. The smallest absolute Gasteiger partial charge is 0.423 e. The lowest BCUT2D eigenvalue weighted by molar-refractivity contribution is -0.137. The number of likely N-dealkylation sites (tertiary alicyclic amines) is 2. The van der Waals surface area contributed by atoms with E-state index in [0.29, 0.717) is 56.4 Å². The molecule has 2 aromatic carbocycles. The second-order valence-corrected chi connectivity index (χ2v) is 14.5. The number of aromatic nitrogens is 5. The fourth-order valence-corrected chi connectivity index (χ4v) is 7.31. The number of carbonyl (C=O) groups excluding carboxylic acids is 2. The van der Waals surface area contributed by atoms with Crippen molar-refractivity contribution in [1.29, 1.82) is 0 Å². The van der Waals surface area contributed by atoms with Crippen molar-refractivity contribution in [3.8, 4) is 11.3 Å². The number of benzene rings is 2. The standard InChI is InChI=1S/C27H29N7O3S.C6H6BFO2.C5H6BNO2/c35-23(34-12-6-27(37,7-13-34)26-29-10-14-38-26)17-33-11-5-19(16-33)25(36)30-20-1-2-22-21(15-20)24(32-31-22)18-3-8-28-9-4-18;8-6-3-1-5(2-4-6)7(9)10;8-6(9)5-1-3-7-4-2-5/h1-4,8-10,14-15,19,37H,5-7,11-13,16-17H2,(H,30,36)(H,31,32);1-4,9-10H;1-4,8-9H/t19-;;/m1../s1. The van der Waals surface area contributed by atoms with Crippen molar-refractivity contribution in [1.82, 2.24) is 34.9 Å². The lowest BCUT2D eigenvalue weighted by atomic mass is 9.80. The molecule has 0 unspecified atom stereocenters. The lowest BCUT2D eigenvalue weighted by Gasteiger charge is -2.37. The number of pyridine rings is 2. The average Bonchev–Trinajstić information content (AvgIpc) is 4.02. The van der Waals surface area contributed by atoms with Crippen LogP contribution in [0.15, 0.2) is 103 Å². The van der Waals surface area contributed by atoms with Gasteiger partial charge >= 0.3 is 14.2 Å². The number of nitrogens with one attached hydrogen (secondary N) is 2. The van der Waals surface area contributed by atoms with Crippen LogP contribution in [0.4, 0.5) is 10.1 Å². The number of halogens is 1. The van der Waals surface area contributed by atoms with Crippen LogP contribution in [0.25, 0.3) is 22.2 Å². The van der Waals surface area contributed by atoms with Crippen LogP contribution in [0.1, 0.15) is 24.3 Å².